The maximum Gasteiger partial charge on any atom is 0.248 e. The predicted octanol–water partition coefficient (Wildman–Crippen LogP) is 4.24. The van der Waals surface area contributed by atoms with Crippen LogP contribution in [-0.2, 0) is 4.79 Å². The molecule has 0 heterocycles. The summed E-state index contributed by atoms with van der Waals surface area (Å²) in [4.78, 5) is 11.6. The van der Waals surface area contributed by atoms with Crippen molar-refractivity contribution in [2.45, 2.75) is 0 Å². The van der Waals surface area contributed by atoms with E-state index in [2.05, 4.69) is 21.2 Å². The number of carbonyl (C=O) groups is 1. The Labute approximate surface area is 119 Å². The summed E-state index contributed by atoms with van der Waals surface area (Å²) in [5, 5.41) is 2.48. The van der Waals surface area contributed by atoms with Gasteiger partial charge in [-0.15, -0.1) is 0 Å². The SMILES string of the molecule is O=C(C=Cc1ccc(Br)cc1)Nc1ccccc1F. The molecule has 19 heavy (non-hydrogen) atoms. The van der Waals surface area contributed by atoms with Gasteiger partial charge in [0.05, 0.1) is 5.69 Å². The fraction of sp³-hybridized carbons (Fsp3) is 0. The maximum absolute atomic E-state index is 13.3. The third-order valence-corrected chi connectivity index (χ3v) is 2.96. The van der Waals surface area contributed by atoms with Crippen molar-refractivity contribution in [2.75, 3.05) is 5.32 Å². The molecular weight excluding hydrogens is 309 g/mol. The lowest BCUT2D eigenvalue weighted by atomic mass is 10.2. The molecule has 0 fully saturated rings. The van der Waals surface area contributed by atoms with Crippen molar-refractivity contribution in [2.24, 2.45) is 0 Å². The molecular formula is C15H11BrFNO. The van der Waals surface area contributed by atoms with Gasteiger partial charge < -0.3 is 5.32 Å². The van der Waals surface area contributed by atoms with Gasteiger partial charge in [0.2, 0.25) is 5.91 Å². The smallest absolute Gasteiger partial charge is 0.248 e. The highest BCUT2D eigenvalue weighted by molar-refractivity contribution is 9.10. The lowest BCUT2D eigenvalue weighted by molar-refractivity contribution is -0.111. The summed E-state index contributed by atoms with van der Waals surface area (Å²) in [6, 6.07) is 13.6. The Morgan fingerprint density at radius 3 is 2.47 bits per heavy atom. The van der Waals surface area contributed by atoms with Crippen molar-refractivity contribution in [1.29, 1.82) is 0 Å². The van der Waals surface area contributed by atoms with Crippen LogP contribution in [0.5, 0.6) is 0 Å². The molecule has 0 bridgehead atoms. The zero-order chi connectivity index (χ0) is 13.7. The van der Waals surface area contributed by atoms with Crippen LogP contribution in [0.15, 0.2) is 59.1 Å². The third kappa shape index (κ3) is 4.03. The van der Waals surface area contributed by atoms with E-state index in [0.29, 0.717) is 0 Å². The highest BCUT2D eigenvalue weighted by Crippen LogP contribution is 2.13. The lowest BCUT2D eigenvalue weighted by Gasteiger charge is -2.02. The molecule has 1 amide bonds. The largest absolute Gasteiger partial charge is 0.320 e. The van der Waals surface area contributed by atoms with Crippen LogP contribution in [-0.4, -0.2) is 5.91 Å². The summed E-state index contributed by atoms with van der Waals surface area (Å²) in [6.07, 6.45) is 3.04. The first kappa shape index (κ1) is 13.5. The number of amides is 1. The molecule has 0 spiro atoms. The van der Waals surface area contributed by atoms with Gasteiger partial charge in [-0.3, -0.25) is 4.79 Å². The van der Waals surface area contributed by atoms with Gasteiger partial charge in [0.1, 0.15) is 5.82 Å². The molecule has 0 radical (unpaired) electrons. The van der Waals surface area contributed by atoms with Gasteiger partial charge in [-0.25, -0.2) is 4.39 Å². The Morgan fingerprint density at radius 2 is 1.79 bits per heavy atom. The number of carbonyl (C=O) groups excluding carboxylic acids is 1. The second-order valence-electron chi connectivity index (χ2n) is 3.85. The Balaban J connectivity index is 2.02. The topological polar surface area (TPSA) is 29.1 Å². The zero-order valence-corrected chi connectivity index (χ0v) is 11.5. The van der Waals surface area contributed by atoms with E-state index in [1.54, 1.807) is 18.2 Å². The van der Waals surface area contributed by atoms with Crippen LogP contribution < -0.4 is 5.32 Å². The summed E-state index contributed by atoms with van der Waals surface area (Å²) in [6.45, 7) is 0. The van der Waals surface area contributed by atoms with E-state index >= 15 is 0 Å². The van der Waals surface area contributed by atoms with Crippen LogP contribution in [0, 0.1) is 5.82 Å². The number of benzene rings is 2. The normalized spacial score (nSPS) is 10.6. The minimum atomic E-state index is -0.451. The molecule has 2 rings (SSSR count). The standard InChI is InChI=1S/C15H11BrFNO/c16-12-8-5-11(6-9-12)7-10-15(19)18-14-4-2-1-3-13(14)17/h1-10H,(H,18,19). The van der Waals surface area contributed by atoms with Crippen molar-refractivity contribution in [3.8, 4) is 0 Å². The van der Waals surface area contributed by atoms with Crippen LogP contribution >= 0.6 is 15.9 Å². The summed E-state index contributed by atoms with van der Waals surface area (Å²) in [5.74, 6) is -0.819. The van der Waals surface area contributed by atoms with Crippen LogP contribution in [0.2, 0.25) is 0 Å². The quantitative estimate of drug-likeness (QED) is 0.842. The molecule has 0 aliphatic carbocycles. The van der Waals surface area contributed by atoms with Crippen molar-refractivity contribution < 1.29 is 9.18 Å². The molecule has 2 nitrogen and oxygen atoms in total. The third-order valence-electron chi connectivity index (χ3n) is 2.43. The molecule has 1 N–H and O–H groups in total. The van der Waals surface area contributed by atoms with Crippen LogP contribution in [0.3, 0.4) is 0 Å². The molecule has 2 aromatic rings. The average molecular weight is 320 g/mol. The number of para-hydroxylation sites is 1. The fourth-order valence-electron chi connectivity index (χ4n) is 1.48. The van der Waals surface area contributed by atoms with Crippen LogP contribution in [0.1, 0.15) is 5.56 Å². The predicted molar refractivity (Wildman–Crippen MR) is 78.2 cm³/mol. The monoisotopic (exact) mass is 319 g/mol. The number of nitrogens with one attached hydrogen (secondary N) is 1. The van der Waals surface area contributed by atoms with E-state index in [9.17, 15) is 9.18 Å². The number of rotatable bonds is 3. The van der Waals surface area contributed by atoms with E-state index in [1.165, 1.54) is 18.2 Å². The summed E-state index contributed by atoms with van der Waals surface area (Å²) in [5.41, 5.74) is 1.07. The first-order chi connectivity index (χ1) is 9.15. The minimum absolute atomic E-state index is 0.174. The van der Waals surface area contributed by atoms with Gasteiger partial charge in [0.25, 0.3) is 0 Å². The molecule has 0 unspecified atom stereocenters. The van der Waals surface area contributed by atoms with Crippen molar-refractivity contribution in [1.82, 2.24) is 0 Å². The molecule has 0 saturated heterocycles. The van der Waals surface area contributed by atoms with Gasteiger partial charge in [-0.1, -0.05) is 40.2 Å². The Hall–Kier alpha value is -1.94. The molecule has 2 aromatic carbocycles. The van der Waals surface area contributed by atoms with Gasteiger partial charge in [0, 0.05) is 10.5 Å². The first-order valence-electron chi connectivity index (χ1n) is 5.64. The van der Waals surface area contributed by atoms with Crippen molar-refractivity contribution in [3.63, 3.8) is 0 Å². The summed E-state index contributed by atoms with van der Waals surface area (Å²) >= 11 is 3.33. The van der Waals surface area contributed by atoms with E-state index in [0.717, 1.165) is 10.0 Å². The Morgan fingerprint density at radius 1 is 1.11 bits per heavy atom. The van der Waals surface area contributed by atoms with Crippen molar-refractivity contribution in [3.05, 3.63) is 70.5 Å². The Kier molecular flexibility index (Phi) is 4.47. The molecule has 96 valence electrons. The second-order valence-corrected chi connectivity index (χ2v) is 4.77. The number of halogens is 2. The van der Waals surface area contributed by atoms with Gasteiger partial charge >= 0.3 is 0 Å². The first-order valence-corrected chi connectivity index (χ1v) is 6.43. The molecule has 0 aromatic heterocycles. The molecule has 4 heteroatoms. The lowest BCUT2D eigenvalue weighted by Crippen LogP contribution is -2.08. The van der Waals surface area contributed by atoms with Gasteiger partial charge in [-0.2, -0.15) is 0 Å². The summed E-state index contributed by atoms with van der Waals surface area (Å²) in [7, 11) is 0. The van der Waals surface area contributed by atoms with Crippen LogP contribution in [0.4, 0.5) is 10.1 Å². The molecule has 0 aliphatic heterocycles. The molecule has 0 atom stereocenters. The highest BCUT2D eigenvalue weighted by atomic mass is 79.9. The number of hydrogen-bond acceptors (Lipinski definition) is 1. The van der Waals surface area contributed by atoms with E-state index in [-0.39, 0.29) is 11.6 Å². The highest BCUT2D eigenvalue weighted by Gasteiger charge is 2.02. The molecule has 0 aliphatic rings. The zero-order valence-electron chi connectivity index (χ0n) is 9.94. The minimum Gasteiger partial charge on any atom is -0.320 e. The maximum atomic E-state index is 13.3. The van der Waals surface area contributed by atoms with Crippen LogP contribution in [0.25, 0.3) is 6.08 Å². The second kappa shape index (κ2) is 6.29. The van der Waals surface area contributed by atoms with Gasteiger partial charge in [-0.05, 0) is 35.9 Å². The Bertz CT molecular complexity index is 608. The summed E-state index contributed by atoms with van der Waals surface area (Å²) < 4.78 is 14.3. The number of hydrogen-bond donors (Lipinski definition) is 1. The van der Waals surface area contributed by atoms with E-state index in [1.807, 2.05) is 24.3 Å². The van der Waals surface area contributed by atoms with E-state index in [4.69, 9.17) is 0 Å². The van der Waals surface area contributed by atoms with Gasteiger partial charge in [0.15, 0.2) is 0 Å². The van der Waals surface area contributed by atoms with E-state index < -0.39 is 5.82 Å². The van der Waals surface area contributed by atoms with Crippen molar-refractivity contribution >= 4 is 33.6 Å². The fourth-order valence-corrected chi connectivity index (χ4v) is 1.75. The number of anilines is 1. The molecule has 0 saturated carbocycles. The average Bonchev–Trinajstić information content (AvgIpc) is 2.41.